The van der Waals surface area contributed by atoms with Gasteiger partial charge >= 0.3 is 11.9 Å². The van der Waals surface area contributed by atoms with Crippen LogP contribution in [0.4, 0.5) is 0 Å². The summed E-state index contributed by atoms with van der Waals surface area (Å²) < 4.78 is 4.91. The van der Waals surface area contributed by atoms with Gasteiger partial charge < -0.3 is 20.5 Å². The molecule has 0 bridgehead atoms. The molecule has 32 heavy (non-hydrogen) atoms. The summed E-state index contributed by atoms with van der Waals surface area (Å²) >= 11 is 17.9. The Morgan fingerprint density at radius 1 is 1.03 bits per heavy atom. The summed E-state index contributed by atoms with van der Waals surface area (Å²) in [5.74, 6) is -4.59. The number of Topliss-reactive ketones (excluding diaryl/α,β-unsaturated/α-hetero) is 1. The number of amides is 2. The Bertz CT molecular complexity index is 905. The Labute approximate surface area is 199 Å². The van der Waals surface area contributed by atoms with E-state index >= 15 is 0 Å². The second-order valence-electron chi connectivity index (χ2n) is 7.21. The summed E-state index contributed by atoms with van der Waals surface area (Å²) in [5, 5.41) is 14.2. The first-order valence-corrected chi connectivity index (χ1v) is 10.6. The molecule has 2 atom stereocenters. The SMILES string of the molecule is CC(=O)N[C@H](C(=O)N[C@@H](CC(=O)O)C(=O)COC(=O)Cc1c(Cl)ccc(Cl)c1Cl)C(C)C. The molecule has 12 heteroatoms. The predicted octanol–water partition coefficient (Wildman–Crippen LogP) is 2.42. The highest BCUT2D eigenvalue weighted by Crippen LogP contribution is 2.31. The molecule has 3 N–H and O–H groups in total. The van der Waals surface area contributed by atoms with Gasteiger partial charge in [0.15, 0.2) is 12.4 Å². The number of carboxylic acids is 1. The lowest BCUT2D eigenvalue weighted by Crippen LogP contribution is -2.54. The Balaban J connectivity index is 2.83. The van der Waals surface area contributed by atoms with Crippen molar-refractivity contribution < 1.29 is 33.8 Å². The van der Waals surface area contributed by atoms with Crippen molar-refractivity contribution in [3.05, 3.63) is 32.8 Å². The fourth-order valence-electron chi connectivity index (χ4n) is 2.61. The van der Waals surface area contributed by atoms with Gasteiger partial charge in [-0.05, 0) is 18.1 Å². The van der Waals surface area contributed by atoms with Gasteiger partial charge in [0.2, 0.25) is 11.8 Å². The molecule has 0 unspecified atom stereocenters. The van der Waals surface area contributed by atoms with Crippen molar-refractivity contribution in [3.8, 4) is 0 Å². The standard InChI is InChI=1S/C20H23Cl3N2O7/c1-9(2)19(24-10(3)26)20(31)25-14(7-16(28)29)15(27)8-32-17(30)6-11-12(21)4-5-13(22)18(11)23/h4-5,9,14,19H,6-8H2,1-3H3,(H,24,26)(H,25,31)(H,28,29)/t14-,19-/m0/s1. The molecule has 0 saturated carbocycles. The second kappa shape index (κ2) is 12.6. The van der Waals surface area contributed by atoms with E-state index in [2.05, 4.69) is 10.6 Å². The highest BCUT2D eigenvalue weighted by Gasteiger charge is 2.30. The van der Waals surface area contributed by atoms with Crippen LogP contribution in [0, 0.1) is 5.92 Å². The largest absolute Gasteiger partial charge is 0.481 e. The summed E-state index contributed by atoms with van der Waals surface area (Å²) in [6, 6.07) is 0.449. The van der Waals surface area contributed by atoms with Gasteiger partial charge in [-0.2, -0.15) is 0 Å². The monoisotopic (exact) mass is 508 g/mol. The second-order valence-corrected chi connectivity index (χ2v) is 8.40. The number of ketones is 1. The number of benzene rings is 1. The van der Waals surface area contributed by atoms with Gasteiger partial charge in [-0.1, -0.05) is 48.7 Å². The number of rotatable bonds is 11. The molecule has 0 aliphatic carbocycles. The number of aliphatic carboxylic acids is 1. The van der Waals surface area contributed by atoms with Crippen LogP contribution in [-0.4, -0.2) is 53.3 Å². The molecule has 9 nitrogen and oxygen atoms in total. The summed E-state index contributed by atoms with van der Waals surface area (Å²) in [7, 11) is 0. The van der Waals surface area contributed by atoms with Gasteiger partial charge in [0.05, 0.1) is 22.9 Å². The number of nitrogens with one attached hydrogen (secondary N) is 2. The van der Waals surface area contributed by atoms with E-state index in [-0.39, 0.29) is 33.0 Å². The van der Waals surface area contributed by atoms with E-state index in [1.165, 1.54) is 19.1 Å². The topological polar surface area (TPSA) is 139 Å². The van der Waals surface area contributed by atoms with E-state index < -0.39 is 54.6 Å². The van der Waals surface area contributed by atoms with Crippen molar-refractivity contribution in [2.45, 2.75) is 45.7 Å². The number of halogens is 3. The zero-order valence-electron chi connectivity index (χ0n) is 17.5. The van der Waals surface area contributed by atoms with Gasteiger partial charge in [0, 0.05) is 17.5 Å². The normalized spacial score (nSPS) is 12.6. The van der Waals surface area contributed by atoms with E-state index in [4.69, 9.17) is 44.6 Å². The maximum absolute atomic E-state index is 12.5. The van der Waals surface area contributed by atoms with E-state index in [0.717, 1.165) is 0 Å². The molecule has 0 radical (unpaired) electrons. The molecular weight excluding hydrogens is 487 g/mol. The van der Waals surface area contributed by atoms with E-state index in [0.29, 0.717) is 0 Å². The minimum absolute atomic E-state index is 0.0659. The van der Waals surface area contributed by atoms with Crippen LogP contribution in [0.1, 0.15) is 32.8 Å². The zero-order chi connectivity index (χ0) is 24.6. The Hall–Kier alpha value is -2.36. The zero-order valence-corrected chi connectivity index (χ0v) is 19.8. The van der Waals surface area contributed by atoms with Crippen molar-refractivity contribution in [2.75, 3.05) is 6.61 Å². The molecule has 0 aliphatic rings. The van der Waals surface area contributed by atoms with Crippen LogP contribution in [-0.2, 0) is 35.1 Å². The first-order valence-electron chi connectivity index (χ1n) is 9.43. The Morgan fingerprint density at radius 3 is 2.16 bits per heavy atom. The molecule has 0 spiro atoms. The summed E-state index contributed by atoms with van der Waals surface area (Å²) in [4.78, 5) is 59.5. The van der Waals surface area contributed by atoms with Crippen LogP contribution >= 0.6 is 34.8 Å². The number of hydrogen-bond acceptors (Lipinski definition) is 6. The number of carbonyl (C=O) groups excluding carboxylic acids is 4. The van der Waals surface area contributed by atoms with E-state index in [1.54, 1.807) is 13.8 Å². The molecule has 1 aromatic carbocycles. The lowest BCUT2D eigenvalue weighted by Gasteiger charge is -2.24. The van der Waals surface area contributed by atoms with Crippen LogP contribution in [0.15, 0.2) is 12.1 Å². The quantitative estimate of drug-likeness (QED) is 0.307. The smallest absolute Gasteiger partial charge is 0.310 e. The predicted molar refractivity (Wildman–Crippen MR) is 118 cm³/mol. The maximum Gasteiger partial charge on any atom is 0.310 e. The lowest BCUT2D eigenvalue weighted by molar-refractivity contribution is -0.148. The highest BCUT2D eigenvalue weighted by molar-refractivity contribution is 6.44. The number of carboxylic acid groups (broad SMARTS) is 1. The first kappa shape index (κ1) is 27.7. The summed E-state index contributed by atoms with van der Waals surface area (Å²) in [6.45, 7) is 3.77. The van der Waals surface area contributed by atoms with Gasteiger partial charge in [0.25, 0.3) is 0 Å². The van der Waals surface area contributed by atoms with Crippen LogP contribution in [0.5, 0.6) is 0 Å². The fourth-order valence-corrected chi connectivity index (χ4v) is 3.30. The molecule has 0 aromatic heterocycles. The van der Waals surface area contributed by atoms with Gasteiger partial charge in [-0.25, -0.2) is 0 Å². The average Bonchev–Trinajstić information content (AvgIpc) is 2.69. The van der Waals surface area contributed by atoms with Crippen molar-refractivity contribution in [1.82, 2.24) is 10.6 Å². The van der Waals surface area contributed by atoms with Crippen LogP contribution < -0.4 is 10.6 Å². The van der Waals surface area contributed by atoms with Gasteiger partial charge in [0.1, 0.15) is 12.1 Å². The maximum atomic E-state index is 12.5. The van der Waals surface area contributed by atoms with E-state index in [1.807, 2.05) is 0 Å². The molecule has 1 aromatic rings. The first-order chi connectivity index (χ1) is 14.8. The summed E-state index contributed by atoms with van der Waals surface area (Å²) in [6.07, 6.45) is -1.11. The third kappa shape index (κ3) is 8.64. The molecule has 2 amide bonds. The van der Waals surface area contributed by atoms with Crippen LogP contribution in [0.3, 0.4) is 0 Å². The number of carbonyl (C=O) groups is 5. The molecule has 176 valence electrons. The van der Waals surface area contributed by atoms with Gasteiger partial charge in [-0.15, -0.1) is 0 Å². The molecule has 0 fully saturated rings. The third-order valence-electron chi connectivity index (χ3n) is 4.23. The van der Waals surface area contributed by atoms with Crippen LogP contribution in [0.25, 0.3) is 0 Å². The number of hydrogen-bond donors (Lipinski definition) is 3. The van der Waals surface area contributed by atoms with Crippen molar-refractivity contribution in [1.29, 1.82) is 0 Å². The third-order valence-corrected chi connectivity index (χ3v) is 5.42. The van der Waals surface area contributed by atoms with Crippen LogP contribution in [0.2, 0.25) is 15.1 Å². The Kier molecular flexibility index (Phi) is 10.9. The number of esters is 1. The molecule has 0 aliphatic heterocycles. The van der Waals surface area contributed by atoms with Gasteiger partial charge in [-0.3, -0.25) is 24.0 Å². The highest BCUT2D eigenvalue weighted by atomic mass is 35.5. The van der Waals surface area contributed by atoms with E-state index in [9.17, 15) is 24.0 Å². The lowest BCUT2D eigenvalue weighted by atomic mass is 10.0. The average molecular weight is 510 g/mol. The molecule has 0 saturated heterocycles. The minimum Gasteiger partial charge on any atom is -0.481 e. The molecule has 0 heterocycles. The van der Waals surface area contributed by atoms with Crippen molar-refractivity contribution in [2.24, 2.45) is 5.92 Å². The number of ether oxygens (including phenoxy) is 1. The van der Waals surface area contributed by atoms with Crippen molar-refractivity contribution in [3.63, 3.8) is 0 Å². The minimum atomic E-state index is -1.47. The summed E-state index contributed by atoms with van der Waals surface area (Å²) in [5.41, 5.74) is 0.212. The molecular formula is C20H23Cl3N2O7. The Morgan fingerprint density at radius 2 is 1.62 bits per heavy atom. The fraction of sp³-hybridized carbons (Fsp3) is 0.450. The molecule has 1 rings (SSSR count). The van der Waals surface area contributed by atoms with Crippen molar-refractivity contribution >= 4 is 64.3 Å².